The van der Waals surface area contributed by atoms with Gasteiger partial charge in [-0.2, -0.15) is 4.31 Å². The van der Waals surface area contributed by atoms with Crippen molar-refractivity contribution in [3.63, 3.8) is 0 Å². The van der Waals surface area contributed by atoms with Gasteiger partial charge in [0, 0.05) is 26.2 Å². The normalized spacial score (nSPS) is 15.5. The first kappa shape index (κ1) is 16.4. The highest BCUT2D eigenvalue weighted by Crippen LogP contribution is 2.31. The first-order valence-corrected chi connectivity index (χ1v) is 9.70. The van der Waals surface area contributed by atoms with E-state index in [1.54, 1.807) is 0 Å². The number of aromatic nitrogens is 2. The summed E-state index contributed by atoms with van der Waals surface area (Å²) in [7, 11) is 0.429. The highest BCUT2D eigenvalue weighted by molar-refractivity contribution is 7.91. The van der Waals surface area contributed by atoms with Gasteiger partial charge in [0.2, 0.25) is 0 Å². The summed E-state index contributed by atoms with van der Waals surface area (Å²) >= 11 is 1.27. The van der Waals surface area contributed by atoms with E-state index in [4.69, 9.17) is 0 Å². The van der Waals surface area contributed by atoms with Crippen molar-refractivity contribution in [2.45, 2.75) is 31.0 Å². The van der Waals surface area contributed by atoms with E-state index in [-0.39, 0.29) is 0 Å². The molecule has 1 aliphatic rings. The topological polar surface area (TPSA) is 66.4 Å². The van der Waals surface area contributed by atoms with Crippen LogP contribution >= 0.6 is 11.3 Å². The number of hydrogen-bond acceptors (Lipinski definition) is 6. The Labute approximate surface area is 140 Å². The smallest absolute Gasteiger partial charge is 0.253 e. The molecule has 0 radical (unpaired) electrons. The molecular weight excluding hydrogens is 332 g/mol. The third-order valence-corrected chi connectivity index (χ3v) is 7.44. The predicted molar refractivity (Wildman–Crippen MR) is 91.5 cm³/mol. The fraction of sp³-hybridized carbons (Fsp3) is 0.467. The number of fused-ring (bicyclic) bond motifs is 1. The summed E-state index contributed by atoms with van der Waals surface area (Å²) in [6, 6.07) is 1.84. The lowest BCUT2D eigenvalue weighted by molar-refractivity contribution is 0.385. The van der Waals surface area contributed by atoms with Crippen LogP contribution < -0.4 is 4.90 Å². The third kappa shape index (κ3) is 2.86. The maximum absolute atomic E-state index is 12.9. The molecule has 6 nitrogen and oxygen atoms in total. The van der Waals surface area contributed by atoms with Crippen LogP contribution in [0.15, 0.2) is 15.7 Å². The molecule has 0 amide bonds. The van der Waals surface area contributed by atoms with Gasteiger partial charge in [-0.3, -0.25) is 0 Å². The maximum Gasteiger partial charge on any atom is 0.253 e. The van der Waals surface area contributed by atoms with Crippen molar-refractivity contribution in [1.29, 1.82) is 0 Å². The van der Waals surface area contributed by atoms with Gasteiger partial charge in [-0.15, -0.1) is 11.3 Å². The summed E-state index contributed by atoms with van der Waals surface area (Å²) < 4.78 is 27.7. The van der Waals surface area contributed by atoms with Gasteiger partial charge in [-0.25, -0.2) is 18.4 Å². The van der Waals surface area contributed by atoms with Gasteiger partial charge < -0.3 is 4.90 Å². The molecule has 0 aromatic carbocycles. The van der Waals surface area contributed by atoms with Gasteiger partial charge in [-0.1, -0.05) is 0 Å². The van der Waals surface area contributed by atoms with Crippen LogP contribution in [0, 0.1) is 13.8 Å². The van der Waals surface area contributed by atoms with E-state index in [1.807, 2.05) is 44.3 Å². The molecule has 3 heterocycles. The fourth-order valence-corrected chi connectivity index (χ4v) is 5.77. The summed E-state index contributed by atoms with van der Waals surface area (Å²) in [4.78, 5) is 10.9. The van der Waals surface area contributed by atoms with Crippen molar-refractivity contribution in [2.24, 2.45) is 0 Å². The molecule has 0 spiro atoms. The molecule has 2 aromatic rings. The number of rotatable bonds is 3. The van der Waals surface area contributed by atoms with Crippen LogP contribution in [0.5, 0.6) is 0 Å². The molecule has 0 aliphatic carbocycles. The number of anilines is 1. The van der Waals surface area contributed by atoms with Crippen LogP contribution in [0.2, 0.25) is 0 Å². The Morgan fingerprint density at radius 2 is 2.00 bits per heavy atom. The Morgan fingerprint density at radius 1 is 1.26 bits per heavy atom. The Balaban J connectivity index is 1.99. The second kappa shape index (κ2) is 5.85. The van der Waals surface area contributed by atoms with Crippen molar-refractivity contribution >= 4 is 27.2 Å². The van der Waals surface area contributed by atoms with Crippen LogP contribution in [0.3, 0.4) is 0 Å². The molecule has 0 atom stereocenters. The fourth-order valence-electron chi connectivity index (χ4n) is 2.82. The molecule has 124 valence electrons. The van der Waals surface area contributed by atoms with Crippen molar-refractivity contribution in [1.82, 2.24) is 14.3 Å². The highest BCUT2D eigenvalue weighted by atomic mass is 32.2. The van der Waals surface area contributed by atoms with E-state index in [0.717, 1.165) is 22.6 Å². The first-order valence-electron chi connectivity index (χ1n) is 7.38. The molecule has 0 saturated heterocycles. The predicted octanol–water partition coefficient (Wildman–Crippen LogP) is 1.97. The van der Waals surface area contributed by atoms with Crippen LogP contribution in [0.4, 0.5) is 5.82 Å². The zero-order valence-electron chi connectivity index (χ0n) is 13.7. The monoisotopic (exact) mass is 352 g/mol. The highest BCUT2D eigenvalue weighted by Gasteiger charge is 2.32. The zero-order valence-corrected chi connectivity index (χ0v) is 15.3. The van der Waals surface area contributed by atoms with Gasteiger partial charge in [0.25, 0.3) is 10.0 Å². The number of nitrogens with zero attached hydrogens (tertiary/aromatic N) is 4. The minimum atomic E-state index is -3.46. The van der Waals surface area contributed by atoms with Gasteiger partial charge >= 0.3 is 0 Å². The van der Waals surface area contributed by atoms with E-state index in [1.165, 1.54) is 15.6 Å². The molecule has 1 aliphatic heterocycles. The molecule has 0 N–H and O–H groups in total. The number of thiophene rings is 1. The molecule has 8 heteroatoms. The Hall–Kier alpha value is -1.51. The molecule has 3 rings (SSSR count). The molecule has 0 saturated carbocycles. The van der Waals surface area contributed by atoms with Crippen molar-refractivity contribution < 1.29 is 8.42 Å². The molecule has 0 fully saturated rings. The minimum absolute atomic E-state index is 0.305. The molecule has 0 unspecified atom stereocenters. The Morgan fingerprint density at radius 3 is 2.61 bits per heavy atom. The van der Waals surface area contributed by atoms with Gasteiger partial charge in [-0.05, 0) is 37.3 Å². The summed E-state index contributed by atoms with van der Waals surface area (Å²) in [5.41, 5.74) is 2.66. The van der Waals surface area contributed by atoms with E-state index < -0.39 is 10.0 Å². The maximum atomic E-state index is 12.9. The standard InChI is InChI=1S/C15H20N4O2S2/c1-10-6-8-22-15(10)23(20,21)19-7-5-12-13(9-19)16-11(2)17-14(12)18(3)4/h6,8H,5,7,9H2,1-4H3. The van der Waals surface area contributed by atoms with Crippen molar-refractivity contribution in [3.05, 3.63) is 34.1 Å². The Bertz CT molecular complexity index is 843. The van der Waals surface area contributed by atoms with E-state index >= 15 is 0 Å². The van der Waals surface area contributed by atoms with Crippen molar-refractivity contribution in [3.8, 4) is 0 Å². The Kier molecular flexibility index (Phi) is 4.16. The molecule has 2 aromatic heterocycles. The number of hydrogen-bond donors (Lipinski definition) is 0. The first-order chi connectivity index (χ1) is 10.8. The zero-order chi connectivity index (χ0) is 16.8. The van der Waals surface area contributed by atoms with Crippen LogP contribution in [0.25, 0.3) is 0 Å². The molecule has 0 bridgehead atoms. The average Bonchev–Trinajstić information content (AvgIpc) is 2.92. The lowest BCUT2D eigenvalue weighted by Crippen LogP contribution is -2.37. The third-order valence-electron chi connectivity index (χ3n) is 3.93. The summed E-state index contributed by atoms with van der Waals surface area (Å²) in [6.07, 6.45) is 0.632. The minimum Gasteiger partial charge on any atom is -0.362 e. The van der Waals surface area contributed by atoms with E-state index in [0.29, 0.717) is 29.5 Å². The number of sulfonamides is 1. The van der Waals surface area contributed by atoms with E-state index in [2.05, 4.69) is 9.97 Å². The lowest BCUT2D eigenvalue weighted by Gasteiger charge is -2.29. The molecular formula is C15H20N4O2S2. The van der Waals surface area contributed by atoms with Gasteiger partial charge in [0.05, 0.1) is 12.2 Å². The van der Waals surface area contributed by atoms with Gasteiger partial charge in [0.15, 0.2) is 0 Å². The largest absolute Gasteiger partial charge is 0.362 e. The van der Waals surface area contributed by atoms with Gasteiger partial charge in [0.1, 0.15) is 15.9 Å². The van der Waals surface area contributed by atoms with Crippen molar-refractivity contribution in [2.75, 3.05) is 25.5 Å². The lowest BCUT2D eigenvalue weighted by atomic mass is 10.1. The van der Waals surface area contributed by atoms with Crippen LogP contribution in [-0.2, 0) is 23.0 Å². The van der Waals surface area contributed by atoms with Crippen LogP contribution in [-0.4, -0.2) is 43.3 Å². The SMILES string of the molecule is Cc1nc2c(c(N(C)C)n1)CCN(S(=O)(=O)c1sccc1C)C2. The quantitative estimate of drug-likeness (QED) is 0.845. The second-order valence-electron chi connectivity index (χ2n) is 5.89. The second-order valence-corrected chi connectivity index (χ2v) is 8.94. The summed E-state index contributed by atoms with van der Waals surface area (Å²) in [6.45, 7) is 4.43. The average molecular weight is 352 g/mol. The molecule has 23 heavy (non-hydrogen) atoms. The number of aryl methyl sites for hydroxylation is 2. The van der Waals surface area contributed by atoms with Crippen LogP contribution in [0.1, 0.15) is 22.6 Å². The van der Waals surface area contributed by atoms with E-state index in [9.17, 15) is 8.42 Å². The summed E-state index contributed by atoms with van der Waals surface area (Å²) in [5.74, 6) is 1.55. The summed E-state index contributed by atoms with van der Waals surface area (Å²) in [5, 5.41) is 1.82.